The van der Waals surface area contributed by atoms with Crippen LogP contribution in [0.15, 0.2) is 53.1 Å². The number of rotatable bonds is 3. The molecule has 96 valence electrons. The van der Waals surface area contributed by atoms with E-state index < -0.39 is 0 Å². The van der Waals surface area contributed by atoms with Crippen LogP contribution >= 0.6 is 27.5 Å². The Bertz CT molecular complexity index is 721. The molecular weight excluding hydrogens is 324 g/mol. The van der Waals surface area contributed by atoms with Gasteiger partial charge in [0.05, 0.1) is 10.7 Å². The van der Waals surface area contributed by atoms with Gasteiger partial charge in [0.25, 0.3) is 0 Å². The van der Waals surface area contributed by atoms with Crippen molar-refractivity contribution in [1.82, 2.24) is 4.98 Å². The van der Waals surface area contributed by atoms with Gasteiger partial charge in [0.15, 0.2) is 0 Å². The first kappa shape index (κ1) is 12.6. The third-order valence-electron chi connectivity index (χ3n) is 3.03. The van der Waals surface area contributed by atoms with Gasteiger partial charge in [0.2, 0.25) is 0 Å². The lowest BCUT2D eigenvalue weighted by atomic mass is 10.1. The van der Waals surface area contributed by atoms with E-state index in [1.165, 1.54) is 10.9 Å². The number of fused-ring (bicyclic) bond motifs is 1. The Kier molecular flexibility index (Phi) is 3.49. The van der Waals surface area contributed by atoms with E-state index in [1.54, 1.807) is 0 Å². The van der Waals surface area contributed by atoms with Gasteiger partial charge in [-0.2, -0.15) is 0 Å². The normalized spacial score (nSPS) is 10.8. The number of nitrogens with one attached hydrogen (secondary N) is 2. The first-order chi connectivity index (χ1) is 9.22. The fourth-order valence-corrected chi connectivity index (χ4v) is 2.58. The summed E-state index contributed by atoms with van der Waals surface area (Å²) in [5, 5.41) is 5.30. The quantitative estimate of drug-likeness (QED) is 0.677. The van der Waals surface area contributed by atoms with Gasteiger partial charge >= 0.3 is 0 Å². The van der Waals surface area contributed by atoms with Crippen molar-refractivity contribution in [3.63, 3.8) is 0 Å². The molecule has 2 N–H and O–H groups in total. The lowest BCUT2D eigenvalue weighted by molar-refractivity contribution is 1.15. The molecule has 0 aliphatic heterocycles. The number of aromatic nitrogens is 1. The topological polar surface area (TPSA) is 27.8 Å². The molecule has 3 rings (SSSR count). The molecule has 0 atom stereocenters. The highest BCUT2D eigenvalue weighted by Gasteiger charge is 2.02. The van der Waals surface area contributed by atoms with E-state index >= 15 is 0 Å². The minimum atomic E-state index is 0.726. The van der Waals surface area contributed by atoms with Crippen molar-refractivity contribution in [2.45, 2.75) is 6.54 Å². The molecule has 0 aliphatic rings. The molecule has 19 heavy (non-hydrogen) atoms. The fraction of sp³-hybridized carbons (Fsp3) is 0.0667. The summed E-state index contributed by atoms with van der Waals surface area (Å²) in [4.78, 5) is 3.22. The van der Waals surface area contributed by atoms with Crippen LogP contribution in [0.1, 0.15) is 5.56 Å². The maximum atomic E-state index is 6.15. The minimum Gasteiger partial charge on any atom is -0.380 e. The van der Waals surface area contributed by atoms with E-state index in [0.29, 0.717) is 0 Å². The minimum absolute atomic E-state index is 0.726. The van der Waals surface area contributed by atoms with Gasteiger partial charge in [-0.15, -0.1) is 0 Å². The number of halogens is 2. The van der Waals surface area contributed by atoms with E-state index in [-0.39, 0.29) is 0 Å². The summed E-state index contributed by atoms with van der Waals surface area (Å²) in [6.45, 7) is 0.741. The van der Waals surface area contributed by atoms with E-state index in [4.69, 9.17) is 11.6 Å². The predicted molar refractivity (Wildman–Crippen MR) is 84.8 cm³/mol. The van der Waals surface area contributed by atoms with Crippen molar-refractivity contribution in [2.75, 3.05) is 5.32 Å². The highest BCUT2D eigenvalue weighted by molar-refractivity contribution is 9.10. The molecule has 0 unspecified atom stereocenters. The average Bonchev–Trinajstić information content (AvgIpc) is 2.87. The van der Waals surface area contributed by atoms with Crippen LogP contribution in [-0.4, -0.2) is 4.98 Å². The monoisotopic (exact) mass is 334 g/mol. The summed E-state index contributed by atoms with van der Waals surface area (Å²) in [7, 11) is 0. The number of hydrogen-bond donors (Lipinski definition) is 2. The van der Waals surface area contributed by atoms with Gasteiger partial charge in [-0.05, 0) is 41.3 Å². The first-order valence-electron chi connectivity index (χ1n) is 5.97. The number of H-pyrrole nitrogens is 1. The van der Waals surface area contributed by atoms with Gasteiger partial charge < -0.3 is 10.3 Å². The second-order valence-corrected chi connectivity index (χ2v) is 5.70. The summed E-state index contributed by atoms with van der Waals surface area (Å²) >= 11 is 9.60. The van der Waals surface area contributed by atoms with Crippen molar-refractivity contribution >= 4 is 44.1 Å². The average molecular weight is 336 g/mol. The maximum Gasteiger partial charge on any atom is 0.0638 e. The highest BCUT2D eigenvalue weighted by atomic mass is 79.9. The van der Waals surface area contributed by atoms with Gasteiger partial charge in [0.1, 0.15) is 0 Å². The molecule has 2 nitrogen and oxygen atoms in total. The Hall–Kier alpha value is -1.45. The number of hydrogen-bond acceptors (Lipinski definition) is 1. The first-order valence-corrected chi connectivity index (χ1v) is 7.14. The molecule has 1 aromatic heterocycles. The summed E-state index contributed by atoms with van der Waals surface area (Å²) < 4.78 is 1.01. The lowest BCUT2D eigenvalue weighted by Gasteiger charge is -2.09. The molecule has 0 saturated carbocycles. The van der Waals surface area contributed by atoms with E-state index in [9.17, 15) is 0 Å². The number of anilines is 1. The van der Waals surface area contributed by atoms with Crippen LogP contribution in [0.5, 0.6) is 0 Å². The molecule has 0 saturated heterocycles. The Labute approximate surface area is 124 Å². The molecule has 1 heterocycles. The molecule has 0 fully saturated rings. The lowest BCUT2D eigenvalue weighted by Crippen LogP contribution is -1.99. The highest BCUT2D eigenvalue weighted by Crippen LogP contribution is 2.26. The van der Waals surface area contributed by atoms with Crippen LogP contribution in [0.25, 0.3) is 10.9 Å². The third kappa shape index (κ3) is 2.77. The SMILES string of the molecule is Clc1ccc(Br)cc1NCc1ccc2cc[nH]c2c1. The zero-order valence-corrected chi connectivity index (χ0v) is 12.4. The summed E-state index contributed by atoms with van der Waals surface area (Å²) in [6, 6.07) is 14.2. The Morgan fingerprint density at radius 1 is 1.11 bits per heavy atom. The van der Waals surface area contributed by atoms with Crippen LogP contribution in [0, 0.1) is 0 Å². The molecule has 0 aliphatic carbocycles. The van der Waals surface area contributed by atoms with Crippen molar-refractivity contribution in [2.24, 2.45) is 0 Å². The third-order valence-corrected chi connectivity index (χ3v) is 3.85. The van der Waals surface area contributed by atoms with Crippen LogP contribution in [-0.2, 0) is 6.54 Å². The van der Waals surface area contributed by atoms with Gasteiger partial charge in [-0.1, -0.05) is 39.7 Å². The molecule has 0 bridgehead atoms. The van der Waals surface area contributed by atoms with Gasteiger partial charge in [-0.3, -0.25) is 0 Å². The number of aromatic amines is 1. The second kappa shape index (κ2) is 5.27. The smallest absolute Gasteiger partial charge is 0.0638 e. The van der Waals surface area contributed by atoms with Gasteiger partial charge in [-0.25, -0.2) is 0 Å². The molecule has 4 heteroatoms. The largest absolute Gasteiger partial charge is 0.380 e. The summed E-state index contributed by atoms with van der Waals surface area (Å²) in [5.41, 5.74) is 3.30. The van der Waals surface area contributed by atoms with E-state index in [2.05, 4.69) is 50.5 Å². The molecule has 2 aromatic carbocycles. The Balaban J connectivity index is 1.79. The zero-order chi connectivity index (χ0) is 13.2. The second-order valence-electron chi connectivity index (χ2n) is 4.38. The molecule has 0 amide bonds. The van der Waals surface area contributed by atoms with Crippen LogP contribution < -0.4 is 5.32 Å². The maximum absolute atomic E-state index is 6.15. The van der Waals surface area contributed by atoms with E-state index in [0.717, 1.165) is 27.2 Å². The Morgan fingerprint density at radius 3 is 2.89 bits per heavy atom. The standard InChI is InChI=1S/C15H12BrClN2/c16-12-3-4-13(17)15(8-12)19-9-10-1-2-11-5-6-18-14(11)7-10/h1-8,18-19H,9H2. The van der Waals surface area contributed by atoms with Crippen molar-refractivity contribution in [3.8, 4) is 0 Å². The van der Waals surface area contributed by atoms with Crippen molar-refractivity contribution in [3.05, 3.63) is 63.7 Å². The summed E-state index contributed by atoms with van der Waals surface area (Å²) in [5.74, 6) is 0. The summed E-state index contributed by atoms with van der Waals surface area (Å²) in [6.07, 6.45) is 1.95. The van der Waals surface area contributed by atoms with Crippen molar-refractivity contribution < 1.29 is 0 Å². The zero-order valence-electron chi connectivity index (χ0n) is 10.1. The molecular formula is C15H12BrClN2. The van der Waals surface area contributed by atoms with Crippen LogP contribution in [0.2, 0.25) is 5.02 Å². The van der Waals surface area contributed by atoms with Crippen molar-refractivity contribution in [1.29, 1.82) is 0 Å². The van der Waals surface area contributed by atoms with E-state index in [1.807, 2.05) is 24.4 Å². The van der Waals surface area contributed by atoms with Gasteiger partial charge in [0, 0.05) is 22.7 Å². The molecule has 3 aromatic rings. The fourth-order valence-electron chi connectivity index (χ4n) is 2.04. The Morgan fingerprint density at radius 2 is 2.00 bits per heavy atom. The van der Waals surface area contributed by atoms with Crippen LogP contribution in [0.3, 0.4) is 0 Å². The predicted octanol–water partition coefficient (Wildman–Crippen LogP) is 5.20. The molecule has 0 spiro atoms. The molecule has 0 radical (unpaired) electrons. The van der Waals surface area contributed by atoms with Crippen LogP contribution in [0.4, 0.5) is 5.69 Å². The number of benzene rings is 2.